The van der Waals surface area contributed by atoms with Gasteiger partial charge in [-0.1, -0.05) is 6.92 Å². The lowest BCUT2D eigenvalue weighted by Crippen LogP contribution is -2.47. The van der Waals surface area contributed by atoms with Crippen LogP contribution in [0.2, 0.25) is 0 Å². The Kier molecular flexibility index (Phi) is 6.83. The van der Waals surface area contributed by atoms with Gasteiger partial charge in [-0.3, -0.25) is 9.69 Å². The van der Waals surface area contributed by atoms with Crippen LogP contribution in [0.3, 0.4) is 0 Å². The van der Waals surface area contributed by atoms with Crippen LogP contribution in [-0.2, 0) is 4.79 Å². The molecule has 2 fully saturated rings. The Bertz CT molecular complexity index is 329. The van der Waals surface area contributed by atoms with Gasteiger partial charge >= 0.3 is 0 Å². The molecule has 1 saturated heterocycles. The maximum Gasteiger partial charge on any atom is 0.236 e. The number of hydrogen-bond acceptors (Lipinski definition) is 4. The molecule has 2 aliphatic rings. The Morgan fingerprint density at radius 3 is 2.52 bits per heavy atom. The summed E-state index contributed by atoms with van der Waals surface area (Å²) >= 11 is 2.12. The molecule has 0 radical (unpaired) electrons. The van der Waals surface area contributed by atoms with E-state index in [2.05, 4.69) is 28.9 Å². The number of nitrogens with one attached hydrogen (secondary N) is 1. The fraction of sp³-hybridized carbons (Fsp3) is 0.938. The number of hydrogen-bond donors (Lipinski definition) is 1. The molecule has 0 bridgehead atoms. The van der Waals surface area contributed by atoms with Gasteiger partial charge in [0.1, 0.15) is 0 Å². The van der Waals surface area contributed by atoms with Crippen molar-refractivity contribution in [3.63, 3.8) is 0 Å². The van der Waals surface area contributed by atoms with Crippen LogP contribution in [0.1, 0.15) is 39.0 Å². The molecule has 21 heavy (non-hydrogen) atoms. The zero-order valence-electron chi connectivity index (χ0n) is 13.8. The number of likely N-dealkylation sites (N-methyl/N-ethyl adjacent to an activating group) is 1. The second kappa shape index (κ2) is 8.39. The fourth-order valence-corrected chi connectivity index (χ4v) is 4.54. The quantitative estimate of drug-likeness (QED) is 0.811. The highest BCUT2D eigenvalue weighted by Crippen LogP contribution is 2.30. The van der Waals surface area contributed by atoms with Crippen LogP contribution in [0.4, 0.5) is 0 Å². The minimum atomic E-state index is 0.219. The Hall–Kier alpha value is -0.260. The van der Waals surface area contributed by atoms with Gasteiger partial charge in [-0.2, -0.15) is 11.8 Å². The number of likely N-dealkylation sites (tertiary alicyclic amines) is 1. The second-order valence-corrected chi connectivity index (χ2v) is 8.17. The molecule has 0 aromatic heterocycles. The van der Waals surface area contributed by atoms with E-state index in [1.165, 1.54) is 37.9 Å². The maximum absolute atomic E-state index is 11.7. The molecular formula is C16H31N3OS. The van der Waals surface area contributed by atoms with Crippen molar-refractivity contribution in [2.75, 3.05) is 39.5 Å². The van der Waals surface area contributed by atoms with Crippen molar-refractivity contribution in [1.29, 1.82) is 0 Å². The third kappa shape index (κ3) is 5.46. The van der Waals surface area contributed by atoms with Crippen molar-refractivity contribution in [2.24, 2.45) is 0 Å². The molecule has 5 heteroatoms. The molecule has 0 aromatic rings. The molecule has 1 amide bonds. The zero-order valence-corrected chi connectivity index (χ0v) is 14.6. The predicted octanol–water partition coefficient (Wildman–Crippen LogP) is 1.80. The average Bonchev–Trinajstić information content (AvgIpc) is 2.88. The van der Waals surface area contributed by atoms with Gasteiger partial charge in [0.25, 0.3) is 0 Å². The SMILES string of the molecule is CCSC1CCC(NC2CCN(CC(=O)N(C)C)CC2)C1. The van der Waals surface area contributed by atoms with Gasteiger partial charge in [0.05, 0.1) is 6.54 Å². The minimum Gasteiger partial charge on any atom is -0.348 e. The molecule has 0 aromatic carbocycles. The van der Waals surface area contributed by atoms with Gasteiger partial charge < -0.3 is 10.2 Å². The van der Waals surface area contributed by atoms with E-state index in [4.69, 9.17) is 0 Å². The molecule has 2 rings (SSSR count). The van der Waals surface area contributed by atoms with E-state index in [0.29, 0.717) is 12.6 Å². The molecule has 1 saturated carbocycles. The van der Waals surface area contributed by atoms with E-state index < -0.39 is 0 Å². The monoisotopic (exact) mass is 313 g/mol. The number of piperidine rings is 1. The summed E-state index contributed by atoms with van der Waals surface area (Å²) in [5, 5.41) is 4.75. The molecule has 1 aliphatic heterocycles. The normalized spacial score (nSPS) is 28.0. The van der Waals surface area contributed by atoms with E-state index in [1.807, 2.05) is 14.1 Å². The summed E-state index contributed by atoms with van der Waals surface area (Å²) in [7, 11) is 3.67. The Labute approximate surface area is 134 Å². The van der Waals surface area contributed by atoms with Crippen LogP contribution in [0.5, 0.6) is 0 Å². The van der Waals surface area contributed by atoms with Crippen LogP contribution >= 0.6 is 11.8 Å². The number of thioether (sulfide) groups is 1. The van der Waals surface area contributed by atoms with Crippen molar-refractivity contribution in [1.82, 2.24) is 15.1 Å². The lowest BCUT2D eigenvalue weighted by Gasteiger charge is -2.34. The molecular weight excluding hydrogens is 282 g/mol. The Morgan fingerprint density at radius 2 is 1.90 bits per heavy atom. The summed E-state index contributed by atoms with van der Waals surface area (Å²) in [5.74, 6) is 1.46. The molecule has 1 aliphatic carbocycles. The van der Waals surface area contributed by atoms with Crippen molar-refractivity contribution < 1.29 is 4.79 Å². The average molecular weight is 314 g/mol. The standard InChI is InChI=1S/C16H31N3OS/c1-4-21-15-6-5-14(11-15)17-13-7-9-19(10-8-13)12-16(20)18(2)3/h13-15,17H,4-12H2,1-3H3. The first-order valence-electron chi connectivity index (χ1n) is 8.38. The first-order valence-corrected chi connectivity index (χ1v) is 9.43. The topological polar surface area (TPSA) is 35.6 Å². The Morgan fingerprint density at radius 1 is 1.19 bits per heavy atom. The lowest BCUT2D eigenvalue weighted by molar-refractivity contribution is -0.130. The van der Waals surface area contributed by atoms with Gasteiger partial charge in [0.15, 0.2) is 0 Å². The van der Waals surface area contributed by atoms with Crippen molar-refractivity contribution in [3.05, 3.63) is 0 Å². The van der Waals surface area contributed by atoms with Gasteiger partial charge in [0.2, 0.25) is 5.91 Å². The largest absolute Gasteiger partial charge is 0.348 e. The van der Waals surface area contributed by atoms with Crippen LogP contribution < -0.4 is 5.32 Å². The first-order chi connectivity index (χ1) is 10.1. The lowest BCUT2D eigenvalue weighted by atomic mass is 10.0. The van der Waals surface area contributed by atoms with Gasteiger partial charge in [-0.15, -0.1) is 0 Å². The van der Waals surface area contributed by atoms with Gasteiger partial charge in [-0.05, 0) is 37.9 Å². The molecule has 1 N–H and O–H groups in total. The summed E-state index contributed by atoms with van der Waals surface area (Å²) in [6.07, 6.45) is 6.44. The predicted molar refractivity (Wildman–Crippen MR) is 90.9 cm³/mol. The third-order valence-electron chi connectivity index (χ3n) is 4.70. The van der Waals surface area contributed by atoms with E-state index >= 15 is 0 Å². The first kappa shape index (κ1) is 17.1. The fourth-order valence-electron chi connectivity index (χ4n) is 3.40. The highest BCUT2D eigenvalue weighted by Gasteiger charge is 2.28. The molecule has 4 nitrogen and oxygen atoms in total. The van der Waals surface area contributed by atoms with E-state index in [-0.39, 0.29) is 5.91 Å². The summed E-state index contributed by atoms with van der Waals surface area (Å²) in [5.41, 5.74) is 0. The highest BCUT2D eigenvalue weighted by molar-refractivity contribution is 7.99. The maximum atomic E-state index is 11.7. The highest BCUT2D eigenvalue weighted by atomic mass is 32.2. The number of nitrogens with zero attached hydrogens (tertiary/aromatic N) is 2. The smallest absolute Gasteiger partial charge is 0.236 e. The number of carbonyl (C=O) groups excluding carboxylic acids is 1. The third-order valence-corrected chi connectivity index (χ3v) is 5.94. The summed E-state index contributed by atoms with van der Waals surface area (Å²) in [6, 6.07) is 1.39. The number of rotatable bonds is 6. The molecule has 0 spiro atoms. The molecule has 1 heterocycles. The van der Waals surface area contributed by atoms with Crippen LogP contribution in [0.25, 0.3) is 0 Å². The van der Waals surface area contributed by atoms with Crippen molar-refractivity contribution in [2.45, 2.75) is 56.4 Å². The molecule has 2 atom stereocenters. The van der Waals surface area contributed by atoms with Crippen LogP contribution in [0.15, 0.2) is 0 Å². The second-order valence-electron chi connectivity index (χ2n) is 6.59. The van der Waals surface area contributed by atoms with E-state index in [1.54, 1.807) is 4.90 Å². The summed E-state index contributed by atoms with van der Waals surface area (Å²) < 4.78 is 0. The van der Waals surface area contributed by atoms with E-state index in [0.717, 1.165) is 24.4 Å². The Balaban J connectivity index is 1.64. The minimum absolute atomic E-state index is 0.219. The van der Waals surface area contributed by atoms with Crippen molar-refractivity contribution >= 4 is 17.7 Å². The van der Waals surface area contributed by atoms with Gasteiger partial charge in [-0.25, -0.2) is 0 Å². The summed E-state index contributed by atoms with van der Waals surface area (Å²) in [4.78, 5) is 15.7. The molecule has 2 unspecified atom stereocenters. The van der Waals surface area contributed by atoms with E-state index in [9.17, 15) is 4.79 Å². The number of amides is 1. The van der Waals surface area contributed by atoms with Crippen LogP contribution in [0, 0.1) is 0 Å². The molecule has 122 valence electrons. The van der Waals surface area contributed by atoms with Gasteiger partial charge in [0, 0.05) is 44.5 Å². The summed E-state index contributed by atoms with van der Waals surface area (Å²) in [6.45, 7) is 4.95. The number of carbonyl (C=O) groups is 1. The van der Waals surface area contributed by atoms with Crippen LogP contribution in [-0.4, -0.2) is 72.5 Å². The van der Waals surface area contributed by atoms with Crippen molar-refractivity contribution in [3.8, 4) is 0 Å². The zero-order chi connectivity index (χ0) is 15.2.